The lowest BCUT2D eigenvalue weighted by atomic mass is 9.64. The molecule has 2 aromatic heterocycles. The number of benzene rings is 1. The Labute approximate surface area is 196 Å². The van der Waals surface area contributed by atoms with Crippen LogP contribution in [0.1, 0.15) is 38.7 Å². The van der Waals surface area contributed by atoms with Crippen LogP contribution in [-0.4, -0.2) is 48.9 Å². The Balaban J connectivity index is 1.45. The van der Waals surface area contributed by atoms with Gasteiger partial charge < -0.3 is 15.0 Å². The maximum atomic E-state index is 14.9. The van der Waals surface area contributed by atoms with Gasteiger partial charge in [0, 0.05) is 31.1 Å². The molecule has 2 aliphatic rings. The van der Waals surface area contributed by atoms with Gasteiger partial charge in [-0.3, -0.25) is 10.8 Å². The van der Waals surface area contributed by atoms with Crippen molar-refractivity contribution in [2.45, 2.75) is 51.6 Å². The van der Waals surface area contributed by atoms with Crippen molar-refractivity contribution in [2.24, 2.45) is 5.92 Å². The maximum Gasteiger partial charge on any atom is 0.323 e. The lowest BCUT2D eigenvalue weighted by molar-refractivity contribution is -0.0539. The van der Waals surface area contributed by atoms with Gasteiger partial charge in [-0.1, -0.05) is 6.92 Å². The average molecular weight is 464 g/mol. The van der Waals surface area contributed by atoms with E-state index in [0.717, 1.165) is 11.9 Å². The number of urea groups is 1. The molecule has 1 aliphatic carbocycles. The molecule has 0 unspecified atom stereocenters. The van der Waals surface area contributed by atoms with Gasteiger partial charge in [0.2, 0.25) is 5.90 Å². The predicted molar refractivity (Wildman–Crippen MR) is 126 cm³/mol. The normalized spacial score (nSPS) is 23.4. The van der Waals surface area contributed by atoms with E-state index in [2.05, 4.69) is 22.3 Å². The fraction of sp³-hybridized carbons (Fsp3) is 0.375. The Morgan fingerprint density at radius 3 is 2.88 bits per heavy atom. The first-order chi connectivity index (χ1) is 16.2. The van der Waals surface area contributed by atoms with E-state index in [9.17, 15) is 9.18 Å². The van der Waals surface area contributed by atoms with Crippen LogP contribution < -0.4 is 5.32 Å². The van der Waals surface area contributed by atoms with Crippen molar-refractivity contribution >= 4 is 29.0 Å². The van der Waals surface area contributed by atoms with E-state index < -0.39 is 17.4 Å². The van der Waals surface area contributed by atoms with Crippen LogP contribution in [-0.2, 0) is 4.74 Å². The molecule has 3 N–H and O–H groups in total. The van der Waals surface area contributed by atoms with Crippen LogP contribution in [0.5, 0.6) is 0 Å². The Morgan fingerprint density at radius 1 is 1.32 bits per heavy atom. The van der Waals surface area contributed by atoms with Gasteiger partial charge in [0.1, 0.15) is 11.4 Å². The van der Waals surface area contributed by atoms with Crippen molar-refractivity contribution < 1.29 is 13.9 Å². The average Bonchev–Trinajstić information content (AvgIpc) is 3.22. The number of amides is 2. The second-order valence-electron chi connectivity index (χ2n) is 9.33. The Morgan fingerprint density at radius 2 is 2.12 bits per heavy atom. The quantitative estimate of drug-likeness (QED) is 0.388. The molecular weight excluding hydrogens is 437 g/mol. The number of rotatable bonds is 3. The van der Waals surface area contributed by atoms with Crippen molar-refractivity contribution in [2.75, 3.05) is 5.32 Å². The topological polar surface area (TPSA) is 119 Å². The third kappa shape index (κ3) is 3.49. The molecule has 10 heteroatoms. The van der Waals surface area contributed by atoms with E-state index in [1.807, 2.05) is 12.1 Å². The van der Waals surface area contributed by atoms with Gasteiger partial charge in [-0.2, -0.15) is 0 Å². The molecule has 2 amide bonds. The summed E-state index contributed by atoms with van der Waals surface area (Å²) in [6.45, 7) is 5.30. The van der Waals surface area contributed by atoms with Gasteiger partial charge >= 0.3 is 6.03 Å². The zero-order chi connectivity index (χ0) is 24.2. The number of nitrogens with zero attached hydrogens (tertiary/aromatic N) is 4. The summed E-state index contributed by atoms with van der Waals surface area (Å²) in [5, 5.41) is 23.2. The number of hydrogen-bond donors (Lipinski definition) is 3. The number of aromatic nitrogens is 3. The monoisotopic (exact) mass is 463 g/mol. The van der Waals surface area contributed by atoms with Gasteiger partial charge in [0.05, 0.1) is 17.4 Å². The van der Waals surface area contributed by atoms with Gasteiger partial charge in [0.15, 0.2) is 11.7 Å². The van der Waals surface area contributed by atoms with Crippen LogP contribution in [0, 0.1) is 29.5 Å². The number of ether oxygens (including phenoxy) is 1. The minimum Gasteiger partial charge on any atom is -0.428 e. The second kappa shape index (κ2) is 7.89. The summed E-state index contributed by atoms with van der Waals surface area (Å²) in [5.41, 5.74) is 1.19. The summed E-state index contributed by atoms with van der Waals surface area (Å²) >= 11 is 0. The lowest BCUT2D eigenvalue weighted by Gasteiger charge is -2.62. The highest BCUT2D eigenvalue weighted by Crippen LogP contribution is 2.50. The Bertz CT molecular complexity index is 1340. The summed E-state index contributed by atoms with van der Waals surface area (Å²) in [6.07, 6.45) is 5.46. The number of nitrogens with one attached hydrogen (secondary N) is 3. The van der Waals surface area contributed by atoms with Crippen LogP contribution in [0.25, 0.3) is 16.9 Å². The van der Waals surface area contributed by atoms with E-state index in [-0.39, 0.29) is 23.5 Å². The molecule has 0 spiro atoms. The molecule has 9 nitrogen and oxygen atoms in total. The zero-order valence-corrected chi connectivity index (χ0v) is 19.2. The first-order valence-electron chi connectivity index (χ1n) is 11.2. The van der Waals surface area contributed by atoms with E-state index in [1.165, 1.54) is 13.0 Å². The third-order valence-electron chi connectivity index (χ3n) is 6.73. The smallest absolute Gasteiger partial charge is 0.323 e. The van der Waals surface area contributed by atoms with E-state index >= 15 is 0 Å². The summed E-state index contributed by atoms with van der Waals surface area (Å²) in [7, 11) is 0. The van der Waals surface area contributed by atoms with Crippen LogP contribution in [0.2, 0.25) is 0 Å². The van der Waals surface area contributed by atoms with Gasteiger partial charge in [-0.05, 0) is 55.5 Å². The third-order valence-corrected chi connectivity index (χ3v) is 6.73. The number of halogens is 1. The summed E-state index contributed by atoms with van der Waals surface area (Å²) < 4.78 is 21.9. The van der Waals surface area contributed by atoms with Crippen molar-refractivity contribution in [1.82, 2.24) is 19.5 Å². The highest BCUT2D eigenvalue weighted by molar-refractivity contribution is 6.00. The SMILES string of the molecule is CC(=N)OC(=N)[C@@]12C[C@@H](C)C[C@@H](C1)N2C(=O)Nc1cc(-c2ncc3cccn3n2)c(C)cc1F. The fourth-order valence-electron chi connectivity index (χ4n) is 5.36. The molecule has 3 atom stereocenters. The first-order valence-corrected chi connectivity index (χ1v) is 11.2. The zero-order valence-electron chi connectivity index (χ0n) is 19.2. The maximum absolute atomic E-state index is 14.9. The summed E-state index contributed by atoms with van der Waals surface area (Å²) in [5.74, 6) is -0.0566. The molecule has 2 bridgehead atoms. The van der Waals surface area contributed by atoms with E-state index in [4.69, 9.17) is 15.6 Å². The van der Waals surface area contributed by atoms with E-state index in [0.29, 0.717) is 35.7 Å². The number of piperidine rings is 1. The van der Waals surface area contributed by atoms with Gasteiger partial charge in [0.25, 0.3) is 0 Å². The molecule has 1 saturated heterocycles. The van der Waals surface area contributed by atoms with E-state index in [1.54, 1.807) is 34.8 Å². The molecular formula is C24H26FN7O2. The van der Waals surface area contributed by atoms with Gasteiger partial charge in [-0.15, -0.1) is 5.10 Å². The predicted octanol–water partition coefficient (Wildman–Crippen LogP) is 4.61. The lowest BCUT2D eigenvalue weighted by Crippen LogP contribution is -2.75. The molecule has 34 heavy (non-hydrogen) atoms. The molecule has 2 fully saturated rings. The summed E-state index contributed by atoms with van der Waals surface area (Å²) in [6, 6.07) is 6.09. The van der Waals surface area contributed by atoms with Gasteiger partial charge in [-0.25, -0.2) is 18.7 Å². The molecule has 176 valence electrons. The van der Waals surface area contributed by atoms with Crippen LogP contribution in [0.15, 0.2) is 36.7 Å². The standard InChI is InChI=1S/C24H26FN7O2/c1-13-7-17-11-24(10-13,22(27)34-15(3)26)32(17)23(33)29-20-9-18(14(2)8-19(20)25)21-28-12-16-5-4-6-31(16)30-21/h4-6,8-9,12-13,17,26-27H,7,10-11H2,1-3H3,(H,29,33)/t13-,17-,24+/m0/s1. The molecule has 1 aromatic carbocycles. The molecule has 3 aromatic rings. The fourth-order valence-corrected chi connectivity index (χ4v) is 5.36. The number of carbonyl (C=O) groups is 1. The number of fused-ring (bicyclic) bond motifs is 3. The largest absolute Gasteiger partial charge is 0.428 e. The molecule has 1 saturated carbocycles. The number of hydrogen-bond acceptors (Lipinski definition) is 6. The first kappa shape index (κ1) is 22.0. The van der Waals surface area contributed by atoms with Crippen LogP contribution in [0.3, 0.4) is 0 Å². The highest BCUT2D eigenvalue weighted by Gasteiger charge is 2.62. The van der Waals surface area contributed by atoms with Crippen molar-refractivity contribution in [3.8, 4) is 11.4 Å². The molecule has 0 radical (unpaired) electrons. The van der Waals surface area contributed by atoms with Crippen molar-refractivity contribution in [3.63, 3.8) is 0 Å². The van der Waals surface area contributed by atoms with Crippen LogP contribution >= 0.6 is 0 Å². The molecule has 1 aliphatic heterocycles. The Hall–Kier alpha value is -3.82. The number of anilines is 1. The second-order valence-corrected chi connectivity index (χ2v) is 9.33. The number of likely N-dealkylation sites (tertiary alicyclic amines) is 1. The highest BCUT2D eigenvalue weighted by atomic mass is 19.1. The van der Waals surface area contributed by atoms with Crippen LogP contribution in [0.4, 0.5) is 14.9 Å². The van der Waals surface area contributed by atoms with Crippen molar-refractivity contribution in [3.05, 3.63) is 48.0 Å². The number of carbonyl (C=O) groups excluding carboxylic acids is 1. The minimum absolute atomic E-state index is 0.0191. The minimum atomic E-state index is -0.915. The summed E-state index contributed by atoms with van der Waals surface area (Å²) in [4.78, 5) is 19.3. The Kier molecular flexibility index (Phi) is 5.11. The molecule has 3 heterocycles. The number of aryl methyl sites for hydroxylation is 1. The van der Waals surface area contributed by atoms with Crippen molar-refractivity contribution in [1.29, 1.82) is 10.8 Å². The molecule has 5 rings (SSSR count).